The lowest BCUT2D eigenvalue weighted by Crippen LogP contribution is -2.27. The van der Waals surface area contributed by atoms with Gasteiger partial charge in [0.2, 0.25) is 0 Å². The minimum Gasteiger partial charge on any atom is -0.435 e. The Balaban J connectivity index is 1.90. The van der Waals surface area contributed by atoms with Gasteiger partial charge in [-0.15, -0.1) is 0 Å². The number of amides is 1. The highest BCUT2D eigenvalue weighted by molar-refractivity contribution is 5.94. The van der Waals surface area contributed by atoms with Gasteiger partial charge in [0, 0.05) is 18.0 Å². The maximum atomic E-state index is 12.2. The molecule has 2 aromatic carbocycles. The molecule has 1 unspecified atom stereocenters. The molecule has 0 aliphatic rings. The van der Waals surface area contributed by atoms with Gasteiger partial charge < -0.3 is 15.2 Å². The first kappa shape index (κ1) is 17.4. The lowest BCUT2D eigenvalue weighted by molar-refractivity contribution is -0.116. The highest BCUT2D eigenvalue weighted by Crippen LogP contribution is 2.20. The van der Waals surface area contributed by atoms with Crippen LogP contribution in [-0.2, 0) is 4.79 Å². The Bertz CT molecular complexity index is 739. The topological polar surface area (TPSA) is 58.6 Å². The highest BCUT2D eigenvalue weighted by atomic mass is 19.3. The van der Waals surface area contributed by atoms with Crippen LogP contribution in [0, 0.1) is 11.8 Å². The third-order valence-corrected chi connectivity index (χ3v) is 3.02. The summed E-state index contributed by atoms with van der Waals surface area (Å²) < 4.78 is 28.6. The molecule has 6 heteroatoms. The van der Waals surface area contributed by atoms with Crippen molar-refractivity contribution in [1.82, 2.24) is 5.32 Å². The summed E-state index contributed by atoms with van der Waals surface area (Å²) in [4.78, 5) is 11.6. The van der Waals surface area contributed by atoms with Crippen LogP contribution in [0.5, 0.6) is 5.75 Å². The molecule has 124 valence electrons. The fourth-order valence-electron chi connectivity index (χ4n) is 1.90. The summed E-state index contributed by atoms with van der Waals surface area (Å²) in [5.41, 5.74) is 1.05. The summed E-state index contributed by atoms with van der Waals surface area (Å²) in [6.45, 7) is -3.04. The van der Waals surface area contributed by atoms with Crippen molar-refractivity contribution in [3.8, 4) is 17.6 Å². The molecule has 2 rings (SSSR count). The van der Waals surface area contributed by atoms with E-state index in [2.05, 4.69) is 21.9 Å². The number of nitrogens with one attached hydrogen (secondary N) is 1. The van der Waals surface area contributed by atoms with Crippen LogP contribution in [0.2, 0.25) is 0 Å². The second-order valence-electron chi connectivity index (χ2n) is 4.79. The predicted octanol–water partition coefficient (Wildman–Crippen LogP) is 2.49. The Morgan fingerprint density at radius 3 is 2.62 bits per heavy atom. The molecule has 4 nitrogen and oxygen atoms in total. The van der Waals surface area contributed by atoms with Crippen molar-refractivity contribution in [1.29, 1.82) is 0 Å². The van der Waals surface area contributed by atoms with Crippen molar-refractivity contribution in [2.24, 2.45) is 0 Å². The van der Waals surface area contributed by atoms with Crippen LogP contribution in [0.1, 0.15) is 17.2 Å². The van der Waals surface area contributed by atoms with Crippen LogP contribution in [0.4, 0.5) is 8.78 Å². The second kappa shape index (κ2) is 8.65. The third kappa shape index (κ3) is 5.71. The summed E-state index contributed by atoms with van der Waals surface area (Å²) in [6.07, 6.45) is -1.06. The van der Waals surface area contributed by atoms with Crippen LogP contribution in [-0.4, -0.2) is 24.2 Å². The van der Waals surface area contributed by atoms with Crippen molar-refractivity contribution in [2.75, 3.05) is 6.54 Å². The van der Waals surface area contributed by atoms with Gasteiger partial charge in [-0.25, -0.2) is 0 Å². The fourth-order valence-corrected chi connectivity index (χ4v) is 1.90. The van der Waals surface area contributed by atoms with Gasteiger partial charge >= 0.3 is 6.61 Å². The van der Waals surface area contributed by atoms with E-state index >= 15 is 0 Å². The van der Waals surface area contributed by atoms with Crippen molar-refractivity contribution >= 4 is 5.91 Å². The minimum absolute atomic E-state index is 0.0586. The van der Waals surface area contributed by atoms with Gasteiger partial charge in [0.05, 0.1) is 6.10 Å². The number of aliphatic hydroxyl groups is 1. The SMILES string of the molecule is O=C(C#Cc1ccccc1)NCC(O)c1cccc(OC(F)F)c1. The van der Waals surface area contributed by atoms with Gasteiger partial charge in [-0.3, -0.25) is 4.79 Å². The van der Waals surface area contributed by atoms with E-state index in [4.69, 9.17) is 0 Å². The normalized spacial score (nSPS) is 11.3. The highest BCUT2D eigenvalue weighted by Gasteiger charge is 2.11. The monoisotopic (exact) mass is 331 g/mol. The zero-order valence-electron chi connectivity index (χ0n) is 12.6. The van der Waals surface area contributed by atoms with E-state index in [9.17, 15) is 18.7 Å². The molecule has 24 heavy (non-hydrogen) atoms. The maximum absolute atomic E-state index is 12.2. The number of hydrogen-bond acceptors (Lipinski definition) is 3. The Labute approximate surface area is 138 Å². The molecule has 0 saturated heterocycles. The van der Waals surface area contributed by atoms with Gasteiger partial charge in [0.1, 0.15) is 5.75 Å². The Hall–Kier alpha value is -2.91. The van der Waals surface area contributed by atoms with Gasteiger partial charge in [0.25, 0.3) is 5.91 Å². The number of aliphatic hydroxyl groups excluding tert-OH is 1. The molecule has 1 atom stereocenters. The summed E-state index contributed by atoms with van der Waals surface area (Å²) in [6, 6.07) is 14.7. The number of rotatable bonds is 5. The van der Waals surface area contributed by atoms with E-state index < -0.39 is 18.6 Å². The van der Waals surface area contributed by atoms with Crippen molar-refractivity contribution in [3.05, 3.63) is 65.7 Å². The first-order valence-electron chi connectivity index (χ1n) is 7.12. The molecule has 0 aliphatic heterocycles. The van der Waals surface area contributed by atoms with E-state index in [1.807, 2.05) is 6.07 Å². The molecule has 2 aromatic rings. The molecule has 1 amide bonds. The minimum atomic E-state index is -2.94. The zero-order valence-corrected chi connectivity index (χ0v) is 12.6. The molecule has 2 N–H and O–H groups in total. The Morgan fingerprint density at radius 1 is 1.17 bits per heavy atom. The Morgan fingerprint density at radius 2 is 1.92 bits per heavy atom. The van der Waals surface area contributed by atoms with Crippen LogP contribution in [0.15, 0.2) is 54.6 Å². The van der Waals surface area contributed by atoms with E-state index in [-0.39, 0.29) is 12.3 Å². The number of alkyl halides is 2. The molecule has 0 aromatic heterocycles. The lowest BCUT2D eigenvalue weighted by atomic mass is 10.1. The molecule has 0 heterocycles. The van der Waals surface area contributed by atoms with Crippen LogP contribution < -0.4 is 10.1 Å². The predicted molar refractivity (Wildman–Crippen MR) is 84.4 cm³/mol. The number of benzene rings is 2. The number of halogens is 2. The molecule has 0 radical (unpaired) electrons. The summed E-state index contributed by atoms with van der Waals surface area (Å²) in [5.74, 6) is 4.50. The largest absolute Gasteiger partial charge is 0.435 e. The molecule has 0 spiro atoms. The fraction of sp³-hybridized carbons (Fsp3) is 0.167. The molecule has 0 bridgehead atoms. The number of carbonyl (C=O) groups excluding carboxylic acids is 1. The van der Waals surface area contributed by atoms with E-state index in [1.54, 1.807) is 30.3 Å². The zero-order chi connectivity index (χ0) is 17.4. The summed E-state index contributed by atoms with van der Waals surface area (Å²) >= 11 is 0. The maximum Gasteiger partial charge on any atom is 0.387 e. The second-order valence-corrected chi connectivity index (χ2v) is 4.79. The summed E-state index contributed by atoms with van der Waals surface area (Å²) in [5, 5.41) is 12.5. The number of ether oxygens (including phenoxy) is 1. The Kier molecular flexibility index (Phi) is 6.29. The average molecular weight is 331 g/mol. The van der Waals surface area contributed by atoms with Crippen LogP contribution in [0.3, 0.4) is 0 Å². The molecule has 0 saturated carbocycles. The van der Waals surface area contributed by atoms with E-state index in [0.29, 0.717) is 11.1 Å². The molecular weight excluding hydrogens is 316 g/mol. The van der Waals surface area contributed by atoms with E-state index in [1.165, 1.54) is 18.2 Å². The first-order chi connectivity index (χ1) is 11.5. The lowest BCUT2D eigenvalue weighted by Gasteiger charge is -2.12. The van der Waals surface area contributed by atoms with E-state index in [0.717, 1.165) is 0 Å². The number of hydrogen-bond donors (Lipinski definition) is 2. The van der Waals surface area contributed by atoms with Gasteiger partial charge in [-0.05, 0) is 29.8 Å². The van der Waals surface area contributed by atoms with Crippen LogP contribution in [0.25, 0.3) is 0 Å². The molecular formula is C18H15F2NO3. The molecule has 0 fully saturated rings. The van der Waals surface area contributed by atoms with Crippen molar-refractivity contribution in [3.63, 3.8) is 0 Å². The van der Waals surface area contributed by atoms with Gasteiger partial charge in [-0.1, -0.05) is 36.3 Å². The van der Waals surface area contributed by atoms with Crippen molar-refractivity contribution < 1.29 is 23.4 Å². The van der Waals surface area contributed by atoms with Crippen molar-refractivity contribution in [2.45, 2.75) is 12.7 Å². The number of carbonyl (C=O) groups is 1. The average Bonchev–Trinajstić information content (AvgIpc) is 2.58. The van der Waals surface area contributed by atoms with Crippen LogP contribution >= 0.6 is 0 Å². The standard InChI is InChI=1S/C18H15F2NO3/c19-18(20)24-15-8-4-7-14(11-15)16(22)12-21-17(23)10-9-13-5-2-1-3-6-13/h1-8,11,16,18,22H,12H2,(H,21,23). The molecule has 0 aliphatic carbocycles. The summed E-state index contributed by atoms with van der Waals surface area (Å²) in [7, 11) is 0. The quantitative estimate of drug-likeness (QED) is 0.828. The van der Waals surface area contributed by atoms with Gasteiger partial charge in [0.15, 0.2) is 0 Å². The smallest absolute Gasteiger partial charge is 0.387 e. The van der Waals surface area contributed by atoms with Gasteiger partial charge in [-0.2, -0.15) is 8.78 Å². The third-order valence-electron chi connectivity index (χ3n) is 3.02. The first-order valence-corrected chi connectivity index (χ1v) is 7.12.